The zero-order valence-electron chi connectivity index (χ0n) is 11.7. The minimum Gasteiger partial charge on any atom is -0.493 e. The van der Waals surface area contributed by atoms with Gasteiger partial charge in [0.05, 0.1) is 21.3 Å². The first-order chi connectivity index (χ1) is 10.1. The third-order valence-corrected chi connectivity index (χ3v) is 2.72. The van der Waals surface area contributed by atoms with Gasteiger partial charge in [0.15, 0.2) is 11.5 Å². The number of hydrogen-bond acceptors (Lipinski definition) is 8. The molecule has 1 aromatic heterocycles. The van der Waals surface area contributed by atoms with Crippen molar-refractivity contribution < 1.29 is 14.2 Å². The average molecular weight is 312 g/mol. The van der Waals surface area contributed by atoms with Gasteiger partial charge in [-0.15, -0.1) is 0 Å². The Morgan fingerprint density at radius 1 is 1.00 bits per heavy atom. The normalized spacial score (nSPS) is 10.1. The molecule has 21 heavy (non-hydrogen) atoms. The second kappa shape index (κ2) is 6.31. The Hall–Kier alpha value is -2.48. The summed E-state index contributed by atoms with van der Waals surface area (Å²) >= 11 is 5.73. The number of benzene rings is 1. The van der Waals surface area contributed by atoms with Crippen molar-refractivity contribution in [1.29, 1.82) is 0 Å². The topological polar surface area (TPSA) is 104 Å². The molecule has 0 spiro atoms. The van der Waals surface area contributed by atoms with Gasteiger partial charge in [-0.05, 0) is 11.6 Å². The number of hydrogen-bond donors (Lipinski definition) is 2. The lowest BCUT2D eigenvalue weighted by Gasteiger charge is -2.14. The summed E-state index contributed by atoms with van der Waals surface area (Å²) in [7, 11) is 4.58. The summed E-state index contributed by atoms with van der Waals surface area (Å²) in [4.78, 5) is 11.5. The fourth-order valence-electron chi connectivity index (χ4n) is 1.70. The molecule has 0 amide bonds. The van der Waals surface area contributed by atoms with Gasteiger partial charge in [0, 0.05) is 17.8 Å². The lowest BCUT2D eigenvalue weighted by atomic mass is 10.2. The van der Waals surface area contributed by atoms with E-state index < -0.39 is 0 Å². The largest absolute Gasteiger partial charge is 0.493 e. The maximum absolute atomic E-state index is 5.73. The highest BCUT2D eigenvalue weighted by Gasteiger charge is 2.14. The quantitative estimate of drug-likeness (QED) is 0.862. The Morgan fingerprint density at radius 3 is 2.10 bits per heavy atom. The molecule has 3 N–H and O–H groups in total. The highest BCUT2D eigenvalue weighted by molar-refractivity contribution is 6.28. The van der Waals surface area contributed by atoms with Crippen LogP contribution in [0.2, 0.25) is 5.28 Å². The van der Waals surface area contributed by atoms with Gasteiger partial charge in [0.1, 0.15) is 0 Å². The molecule has 0 aliphatic rings. The molecular weight excluding hydrogens is 298 g/mol. The van der Waals surface area contributed by atoms with Crippen molar-refractivity contribution in [2.24, 2.45) is 0 Å². The predicted octanol–water partition coefficient (Wildman–Crippen LogP) is 1.88. The van der Waals surface area contributed by atoms with Crippen molar-refractivity contribution in [3.05, 3.63) is 17.4 Å². The molecule has 0 saturated carbocycles. The van der Waals surface area contributed by atoms with Crippen LogP contribution < -0.4 is 25.3 Å². The first-order valence-corrected chi connectivity index (χ1v) is 6.19. The monoisotopic (exact) mass is 311 g/mol. The summed E-state index contributed by atoms with van der Waals surface area (Å²) in [6, 6.07) is 3.41. The standard InChI is InChI=1S/C12H14ClN5O3/c1-19-7-4-6(5-8(20-2)9(7)21-3)15-12-17-10(13)16-11(14)18-12/h4-5H,1-3H3,(H3,14,15,16,17,18). The lowest BCUT2D eigenvalue weighted by Crippen LogP contribution is -2.04. The summed E-state index contributed by atoms with van der Waals surface area (Å²) in [6.45, 7) is 0. The molecule has 0 fully saturated rings. The van der Waals surface area contributed by atoms with Crippen molar-refractivity contribution >= 4 is 29.2 Å². The zero-order valence-corrected chi connectivity index (χ0v) is 12.4. The fraction of sp³-hybridized carbons (Fsp3) is 0.250. The van der Waals surface area contributed by atoms with E-state index in [0.29, 0.717) is 22.9 Å². The predicted molar refractivity (Wildman–Crippen MR) is 78.6 cm³/mol. The molecule has 8 nitrogen and oxygen atoms in total. The lowest BCUT2D eigenvalue weighted by molar-refractivity contribution is 0.324. The molecule has 0 atom stereocenters. The SMILES string of the molecule is COc1cc(Nc2nc(N)nc(Cl)n2)cc(OC)c1OC. The number of ether oxygens (including phenoxy) is 3. The highest BCUT2D eigenvalue weighted by Crippen LogP contribution is 2.40. The van der Waals surface area contributed by atoms with Gasteiger partial charge in [-0.2, -0.15) is 15.0 Å². The smallest absolute Gasteiger partial charge is 0.233 e. The number of halogens is 1. The van der Waals surface area contributed by atoms with Crippen LogP contribution in [0.5, 0.6) is 17.2 Å². The minimum absolute atomic E-state index is 0.00237. The molecule has 1 heterocycles. The maximum Gasteiger partial charge on any atom is 0.233 e. The molecule has 1 aromatic carbocycles. The van der Waals surface area contributed by atoms with Crippen molar-refractivity contribution in [1.82, 2.24) is 15.0 Å². The molecule has 2 aromatic rings. The van der Waals surface area contributed by atoms with E-state index in [1.165, 1.54) is 21.3 Å². The van der Waals surface area contributed by atoms with Gasteiger partial charge in [0.2, 0.25) is 22.9 Å². The second-order valence-electron chi connectivity index (χ2n) is 3.83. The molecule has 0 aliphatic heterocycles. The van der Waals surface area contributed by atoms with Crippen LogP contribution in [0.25, 0.3) is 0 Å². The third-order valence-electron chi connectivity index (χ3n) is 2.55. The van der Waals surface area contributed by atoms with E-state index in [-0.39, 0.29) is 17.2 Å². The average Bonchev–Trinajstić information content (AvgIpc) is 2.45. The van der Waals surface area contributed by atoms with E-state index in [1.54, 1.807) is 12.1 Å². The van der Waals surface area contributed by atoms with Gasteiger partial charge in [-0.3, -0.25) is 0 Å². The van der Waals surface area contributed by atoms with Crippen LogP contribution in [-0.2, 0) is 0 Å². The van der Waals surface area contributed by atoms with Gasteiger partial charge >= 0.3 is 0 Å². The molecule has 0 bridgehead atoms. The van der Waals surface area contributed by atoms with E-state index in [9.17, 15) is 0 Å². The van der Waals surface area contributed by atoms with E-state index in [4.69, 9.17) is 31.5 Å². The Labute approximate surface area is 126 Å². The number of nitrogens with zero attached hydrogens (tertiary/aromatic N) is 3. The number of nitrogens with one attached hydrogen (secondary N) is 1. The van der Waals surface area contributed by atoms with Crippen molar-refractivity contribution in [3.8, 4) is 17.2 Å². The number of rotatable bonds is 5. The Morgan fingerprint density at radius 2 is 1.62 bits per heavy atom. The summed E-state index contributed by atoms with van der Waals surface area (Å²) in [5.41, 5.74) is 6.13. The van der Waals surface area contributed by atoms with Gasteiger partial charge in [-0.1, -0.05) is 0 Å². The summed E-state index contributed by atoms with van der Waals surface area (Å²) in [6.07, 6.45) is 0. The van der Waals surface area contributed by atoms with Crippen LogP contribution in [0, 0.1) is 0 Å². The van der Waals surface area contributed by atoms with Crippen LogP contribution >= 0.6 is 11.6 Å². The molecular formula is C12H14ClN5O3. The Balaban J connectivity index is 2.40. The number of methoxy groups -OCH3 is 3. The molecule has 0 saturated heterocycles. The van der Waals surface area contributed by atoms with Crippen LogP contribution in [0.15, 0.2) is 12.1 Å². The van der Waals surface area contributed by atoms with Crippen LogP contribution in [0.3, 0.4) is 0 Å². The number of aromatic nitrogens is 3. The van der Waals surface area contributed by atoms with Crippen LogP contribution in [-0.4, -0.2) is 36.3 Å². The Kier molecular flexibility index (Phi) is 4.49. The molecule has 0 radical (unpaired) electrons. The summed E-state index contributed by atoms with van der Waals surface area (Å²) < 4.78 is 15.8. The number of anilines is 3. The Bertz CT molecular complexity index is 608. The summed E-state index contributed by atoms with van der Waals surface area (Å²) in [5.74, 6) is 1.70. The van der Waals surface area contributed by atoms with Crippen molar-refractivity contribution in [2.45, 2.75) is 0 Å². The second-order valence-corrected chi connectivity index (χ2v) is 4.16. The highest BCUT2D eigenvalue weighted by atomic mass is 35.5. The molecule has 2 rings (SSSR count). The van der Waals surface area contributed by atoms with E-state index in [2.05, 4.69) is 20.3 Å². The molecule has 9 heteroatoms. The van der Waals surface area contributed by atoms with Gasteiger partial charge < -0.3 is 25.3 Å². The van der Waals surface area contributed by atoms with Crippen LogP contribution in [0.1, 0.15) is 0 Å². The maximum atomic E-state index is 5.73. The fourth-order valence-corrected chi connectivity index (χ4v) is 1.87. The zero-order chi connectivity index (χ0) is 15.4. The minimum atomic E-state index is -0.00237. The van der Waals surface area contributed by atoms with Crippen molar-refractivity contribution in [2.75, 3.05) is 32.4 Å². The van der Waals surface area contributed by atoms with Gasteiger partial charge in [0.25, 0.3) is 0 Å². The number of nitrogens with two attached hydrogens (primary N) is 1. The van der Waals surface area contributed by atoms with Crippen LogP contribution in [0.4, 0.5) is 17.6 Å². The third kappa shape index (κ3) is 3.34. The molecule has 0 unspecified atom stereocenters. The van der Waals surface area contributed by atoms with E-state index in [1.807, 2.05) is 0 Å². The van der Waals surface area contributed by atoms with E-state index in [0.717, 1.165) is 0 Å². The van der Waals surface area contributed by atoms with Gasteiger partial charge in [-0.25, -0.2) is 0 Å². The summed E-state index contributed by atoms with van der Waals surface area (Å²) in [5, 5.41) is 2.94. The molecule has 0 aliphatic carbocycles. The number of nitrogen functional groups attached to an aromatic ring is 1. The molecule has 112 valence electrons. The first-order valence-electron chi connectivity index (χ1n) is 5.81. The van der Waals surface area contributed by atoms with Crippen molar-refractivity contribution in [3.63, 3.8) is 0 Å². The van der Waals surface area contributed by atoms with E-state index >= 15 is 0 Å². The first kappa shape index (κ1) is 14.9.